The molecule has 1 aliphatic carbocycles. The van der Waals surface area contributed by atoms with Gasteiger partial charge in [-0.05, 0) is 37.0 Å². The van der Waals surface area contributed by atoms with Gasteiger partial charge in [0.2, 0.25) is 0 Å². The summed E-state index contributed by atoms with van der Waals surface area (Å²) in [5.41, 5.74) is 2.57. The van der Waals surface area contributed by atoms with Crippen LogP contribution in [0.1, 0.15) is 24.0 Å². The molecule has 1 N–H and O–H groups in total. The lowest BCUT2D eigenvalue weighted by molar-refractivity contribution is 0.414. The molecule has 1 fully saturated rings. The van der Waals surface area contributed by atoms with Crippen LogP contribution in [0.15, 0.2) is 36.7 Å². The lowest BCUT2D eigenvalue weighted by Gasteiger charge is -2.04. The summed E-state index contributed by atoms with van der Waals surface area (Å²) < 4.78 is 7.18. The number of aromatic nitrogens is 2. The Morgan fingerprint density at radius 1 is 1.25 bits per heavy atom. The van der Waals surface area contributed by atoms with Crippen molar-refractivity contribution in [1.29, 1.82) is 0 Å². The molecule has 0 amide bonds. The first-order valence-corrected chi connectivity index (χ1v) is 7.21. The first-order valence-electron chi connectivity index (χ1n) is 7.21. The highest BCUT2D eigenvalue weighted by Crippen LogP contribution is 2.19. The molecule has 0 aliphatic heterocycles. The van der Waals surface area contributed by atoms with E-state index in [1.807, 2.05) is 23.0 Å². The van der Waals surface area contributed by atoms with Crippen molar-refractivity contribution < 1.29 is 4.74 Å². The predicted molar refractivity (Wildman–Crippen MR) is 78.8 cm³/mol. The third-order valence-electron chi connectivity index (χ3n) is 3.65. The molecule has 106 valence electrons. The Hall–Kier alpha value is -1.81. The third-order valence-corrected chi connectivity index (χ3v) is 3.65. The van der Waals surface area contributed by atoms with Gasteiger partial charge in [0.25, 0.3) is 0 Å². The van der Waals surface area contributed by atoms with Crippen LogP contribution in [0.25, 0.3) is 0 Å². The molecule has 1 heterocycles. The molecule has 4 heteroatoms. The number of benzene rings is 1. The van der Waals surface area contributed by atoms with E-state index in [9.17, 15) is 0 Å². The van der Waals surface area contributed by atoms with E-state index in [1.165, 1.54) is 24.0 Å². The van der Waals surface area contributed by atoms with Gasteiger partial charge in [-0.25, -0.2) is 0 Å². The van der Waals surface area contributed by atoms with Crippen LogP contribution in [0, 0.1) is 0 Å². The number of aryl methyl sites for hydroxylation is 2. The molecule has 1 aromatic heterocycles. The molecule has 1 aromatic carbocycles. The third kappa shape index (κ3) is 3.61. The number of nitrogens with zero attached hydrogens (tertiary/aromatic N) is 2. The van der Waals surface area contributed by atoms with Crippen molar-refractivity contribution in [1.82, 2.24) is 15.1 Å². The largest absolute Gasteiger partial charge is 0.497 e. The number of rotatable bonds is 7. The summed E-state index contributed by atoms with van der Waals surface area (Å²) in [6, 6.07) is 8.97. The Bertz CT molecular complexity index is 543. The van der Waals surface area contributed by atoms with E-state index in [-0.39, 0.29) is 0 Å². The zero-order chi connectivity index (χ0) is 13.8. The number of ether oxygens (including phenoxy) is 1. The molecule has 0 radical (unpaired) electrons. The van der Waals surface area contributed by atoms with Gasteiger partial charge in [-0.2, -0.15) is 5.10 Å². The van der Waals surface area contributed by atoms with Gasteiger partial charge >= 0.3 is 0 Å². The van der Waals surface area contributed by atoms with Crippen LogP contribution in [0.3, 0.4) is 0 Å². The average molecular weight is 271 g/mol. The van der Waals surface area contributed by atoms with E-state index >= 15 is 0 Å². The highest BCUT2D eigenvalue weighted by molar-refractivity contribution is 5.27. The van der Waals surface area contributed by atoms with Crippen LogP contribution in [0.5, 0.6) is 5.75 Å². The fourth-order valence-corrected chi connectivity index (χ4v) is 2.21. The monoisotopic (exact) mass is 271 g/mol. The Balaban J connectivity index is 1.49. The maximum Gasteiger partial charge on any atom is 0.118 e. The first kappa shape index (κ1) is 13.2. The molecule has 1 aliphatic rings. The quantitative estimate of drug-likeness (QED) is 0.840. The highest BCUT2D eigenvalue weighted by Gasteiger charge is 2.20. The lowest BCUT2D eigenvalue weighted by Crippen LogP contribution is -2.14. The normalized spacial score (nSPS) is 14.4. The fraction of sp³-hybridized carbons (Fsp3) is 0.438. The van der Waals surface area contributed by atoms with Gasteiger partial charge in [-0.15, -0.1) is 0 Å². The van der Waals surface area contributed by atoms with E-state index in [0.29, 0.717) is 0 Å². The molecule has 3 rings (SSSR count). The SMILES string of the molecule is COc1ccc(CCn2cc(CNC3CC3)cn2)cc1. The number of hydrogen-bond donors (Lipinski definition) is 1. The highest BCUT2D eigenvalue weighted by atomic mass is 16.5. The maximum atomic E-state index is 5.16. The molecule has 0 atom stereocenters. The van der Waals surface area contributed by atoms with Gasteiger partial charge < -0.3 is 10.1 Å². The Kier molecular flexibility index (Phi) is 4.02. The standard InChI is InChI=1S/C16H21N3O/c1-20-16-6-2-13(3-7-16)8-9-19-12-14(11-18-19)10-17-15-4-5-15/h2-3,6-7,11-12,15,17H,4-5,8-10H2,1H3. The van der Waals surface area contributed by atoms with Crippen molar-refractivity contribution >= 4 is 0 Å². The summed E-state index contributed by atoms with van der Waals surface area (Å²) in [6.07, 6.45) is 7.74. The van der Waals surface area contributed by atoms with Gasteiger partial charge in [0.05, 0.1) is 13.3 Å². The second-order valence-electron chi connectivity index (χ2n) is 5.36. The van der Waals surface area contributed by atoms with Crippen molar-refractivity contribution in [2.45, 2.75) is 38.4 Å². The molecule has 4 nitrogen and oxygen atoms in total. The van der Waals surface area contributed by atoms with Crippen LogP contribution < -0.4 is 10.1 Å². The first-order chi connectivity index (χ1) is 9.83. The van der Waals surface area contributed by atoms with Gasteiger partial charge in [-0.3, -0.25) is 4.68 Å². The van der Waals surface area contributed by atoms with Crippen molar-refractivity contribution in [3.8, 4) is 5.75 Å². The summed E-state index contributed by atoms with van der Waals surface area (Å²) in [6.45, 7) is 1.85. The predicted octanol–water partition coefficient (Wildman–Crippen LogP) is 2.39. The minimum atomic E-state index is 0.748. The van der Waals surface area contributed by atoms with Gasteiger partial charge in [0.15, 0.2) is 0 Å². The summed E-state index contributed by atoms with van der Waals surface area (Å²) >= 11 is 0. The van der Waals surface area contributed by atoms with Gasteiger partial charge in [0, 0.05) is 30.9 Å². The number of methoxy groups -OCH3 is 1. The second kappa shape index (κ2) is 6.09. The molecule has 0 spiro atoms. The average Bonchev–Trinajstić information content (AvgIpc) is 3.22. The zero-order valence-electron chi connectivity index (χ0n) is 11.9. The van der Waals surface area contributed by atoms with Crippen molar-refractivity contribution in [3.63, 3.8) is 0 Å². The van der Waals surface area contributed by atoms with Gasteiger partial charge in [0.1, 0.15) is 5.75 Å². The zero-order valence-corrected chi connectivity index (χ0v) is 11.9. The van der Waals surface area contributed by atoms with Crippen molar-refractivity contribution in [3.05, 3.63) is 47.8 Å². The van der Waals surface area contributed by atoms with Crippen molar-refractivity contribution in [2.75, 3.05) is 7.11 Å². The molecule has 2 aromatic rings. The maximum absolute atomic E-state index is 5.16. The molecular weight excluding hydrogens is 250 g/mol. The molecule has 1 saturated carbocycles. The van der Waals surface area contributed by atoms with E-state index in [4.69, 9.17) is 4.74 Å². The second-order valence-corrected chi connectivity index (χ2v) is 5.36. The van der Waals surface area contributed by atoms with E-state index < -0.39 is 0 Å². The minimum Gasteiger partial charge on any atom is -0.497 e. The summed E-state index contributed by atoms with van der Waals surface area (Å²) in [4.78, 5) is 0. The van der Waals surface area contributed by atoms with Crippen LogP contribution in [-0.4, -0.2) is 22.9 Å². The lowest BCUT2D eigenvalue weighted by atomic mass is 10.1. The molecule has 0 unspecified atom stereocenters. The molecular formula is C16H21N3O. The van der Waals surface area contributed by atoms with Crippen LogP contribution in [0.2, 0.25) is 0 Å². The fourth-order valence-electron chi connectivity index (χ4n) is 2.21. The Morgan fingerprint density at radius 3 is 2.75 bits per heavy atom. The molecule has 0 saturated heterocycles. The van der Waals surface area contributed by atoms with E-state index in [0.717, 1.165) is 31.3 Å². The summed E-state index contributed by atoms with van der Waals surface area (Å²) in [5.74, 6) is 0.904. The molecule has 0 bridgehead atoms. The van der Waals surface area contributed by atoms with Crippen molar-refractivity contribution in [2.24, 2.45) is 0 Å². The van der Waals surface area contributed by atoms with Crippen LogP contribution >= 0.6 is 0 Å². The summed E-state index contributed by atoms with van der Waals surface area (Å²) in [7, 11) is 1.69. The topological polar surface area (TPSA) is 39.1 Å². The minimum absolute atomic E-state index is 0.748. The molecule has 20 heavy (non-hydrogen) atoms. The Labute approximate surface area is 119 Å². The number of nitrogens with one attached hydrogen (secondary N) is 1. The Morgan fingerprint density at radius 2 is 2.05 bits per heavy atom. The number of hydrogen-bond acceptors (Lipinski definition) is 3. The smallest absolute Gasteiger partial charge is 0.118 e. The van der Waals surface area contributed by atoms with Crippen LogP contribution in [-0.2, 0) is 19.5 Å². The van der Waals surface area contributed by atoms with Gasteiger partial charge in [-0.1, -0.05) is 12.1 Å². The van der Waals surface area contributed by atoms with Crippen LogP contribution in [0.4, 0.5) is 0 Å². The summed E-state index contributed by atoms with van der Waals surface area (Å²) in [5, 5.41) is 7.92. The van der Waals surface area contributed by atoms with E-state index in [2.05, 4.69) is 28.7 Å². The van der Waals surface area contributed by atoms with E-state index in [1.54, 1.807) is 7.11 Å².